The van der Waals surface area contributed by atoms with Gasteiger partial charge in [-0.05, 0) is 48.4 Å². The van der Waals surface area contributed by atoms with E-state index in [1.165, 1.54) is 13.2 Å². The van der Waals surface area contributed by atoms with E-state index in [-0.39, 0.29) is 22.2 Å². The highest BCUT2D eigenvalue weighted by Crippen LogP contribution is 2.35. The van der Waals surface area contributed by atoms with Crippen molar-refractivity contribution in [3.05, 3.63) is 92.5 Å². The van der Waals surface area contributed by atoms with Crippen LogP contribution in [-0.4, -0.2) is 20.1 Å². The number of aryl methyl sites for hydroxylation is 1. The average molecular weight is 511 g/mol. The molecule has 0 bridgehead atoms. The van der Waals surface area contributed by atoms with Gasteiger partial charge in [-0.2, -0.15) is 5.26 Å². The van der Waals surface area contributed by atoms with Crippen molar-refractivity contribution in [1.82, 2.24) is 5.32 Å². The lowest BCUT2D eigenvalue weighted by atomic mass is 10.1. The van der Waals surface area contributed by atoms with Gasteiger partial charge in [0, 0.05) is 18.2 Å². The Morgan fingerprint density at radius 3 is 2.43 bits per heavy atom. The molecule has 0 aliphatic heterocycles. The van der Waals surface area contributed by atoms with Crippen LogP contribution in [0.1, 0.15) is 22.3 Å². The number of carbonyl (C=O) groups is 1. The monoisotopic (exact) mass is 510 g/mol. The lowest BCUT2D eigenvalue weighted by molar-refractivity contribution is -0.117. The molecule has 3 aromatic rings. The standard InChI is InChI=1S/C27H24Cl2N2O4/c1-17-5-4-6-18(9-17)16-35-26-23(28)11-19(12-24(26)29)10-21(14-30)27(32)31-15-20-7-8-22(33-2)13-25(20)34-3/h4-13H,15-16H2,1-3H3,(H,31,32)/b21-10+. The van der Waals surface area contributed by atoms with Gasteiger partial charge in [-0.3, -0.25) is 4.79 Å². The zero-order valence-corrected chi connectivity index (χ0v) is 21.0. The van der Waals surface area contributed by atoms with Crippen LogP contribution < -0.4 is 19.5 Å². The summed E-state index contributed by atoms with van der Waals surface area (Å²) in [6, 6.07) is 18.3. The first-order valence-electron chi connectivity index (χ1n) is 10.6. The smallest absolute Gasteiger partial charge is 0.262 e. The van der Waals surface area contributed by atoms with Crippen LogP contribution in [0.5, 0.6) is 17.2 Å². The second kappa shape index (κ2) is 12.2. The molecule has 1 amide bonds. The summed E-state index contributed by atoms with van der Waals surface area (Å²) >= 11 is 12.8. The van der Waals surface area contributed by atoms with Crippen molar-refractivity contribution in [2.75, 3.05) is 14.2 Å². The van der Waals surface area contributed by atoms with Crippen LogP contribution in [-0.2, 0) is 17.9 Å². The first kappa shape index (κ1) is 26.0. The number of nitrogens with one attached hydrogen (secondary N) is 1. The Bertz CT molecular complexity index is 1280. The number of amides is 1. The van der Waals surface area contributed by atoms with E-state index in [0.29, 0.717) is 29.4 Å². The SMILES string of the molecule is COc1ccc(CNC(=O)/C(C#N)=C/c2cc(Cl)c(OCc3cccc(C)c3)c(Cl)c2)c(OC)c1. The molecule has 6 nitrogen and oxygen atoms in total. The number of halogens is 2. The minimum Gasteiger partial charge on any atom is -0.497 e. The molecule has 0 atom stereocenters. The Morgan fingerprint density at radius 1 is 1.06 bits per heavy atom. The molecule has 0 aliphatic carbocycles. The predicted molar refractivity (Wildman–Crippen MR) is 137 cm³/mol. The van der Waals surface area contributed by atoms with E-state index < -0.39 is 5.91 Å². The fourth-order valence-corrected chi connectivity index (χ4v) is 3.96. The first-order valence-corrected chi connectivity index (χ1v) is 11.4. The van der Waals surface area contributed by atoms with E-state index in [9.17, 15) is 10.1 Å². The van der Waals surface area contributed by atoms with E-state index in [1.54, 1.807) is 37.4 Å². The number of hydrogen-bond acceptors (Lipinski definition) is 5. The molecule has 0 saturated carbocycles. The van der Waals surface area contributed by atoms with E-state index in [4.69, 9.17) is 37.4 Å². The number of benzene rings is 3. The van der Waals surface area contributed by atoms with Gasteiger partial charge in [-0.25, -0.2) is 0 Å². The number of nitrogens with zero attached hydrogens (tertiary/aromatic N) is 1. The molecule has 8 heteroatoms. The maximum atomic E-state index is 12.6. The number of methoxy groups -OCH3 is 2. The molecule has 0 aromatic heterocycles. The van der Waals surface area contributed by atoms with Crippen LogP contribution in [0, 0.1) is 18.3 Å². The van der Waals surface area contributed by atoms with Crippen molar-refractivity contribution in [1.29, 1.82) is 5.26 Å². The largest absolute Gasteiger partial charge is 0.497 e. The third kappa shape index (κ3) is 6.92. The zero-order chi connectivity index (χ0) is 25.4. The number of rotatable bonds is 9. The van der Waals surface area contributed by atoms with Crippen LogP contribution in [0.4, 0.5) is 0 Å². The Hall–Kier alpha value is -3.66. The molecule has 0 radical (unpaired) electrons. The van der Waals surface area contributed by atoms with Crippen molar-refractivity contribution in [2.45, 2.75) is 20.1 Å². The second-order valence-electron chi connectivity index (χ2n) is 7.62. The van der Waals surface area contributed by atoms with Gasteiger partial charge in [-0.1, -0.05) is 53.0 Å². The summed E-state index contributed by atoms with van der Waals surface area (Å²) in [7, 11) is 3.09. The highest BCUT2D eigenvalue weighted by molar-refractivity contribution is 6.37. The molecular formula is C27H24Cl2N2O4. The highest BCUT2D eigenvalue weighted by atomic mass is 35.5. The van der Waals surface area contributed by atoms with Gasteiger partial charge in [0.1, 0.15) is 29.7 Å². The summed E-state index contributed by atoms with van der Waals surface area (Å²) in [5, 5.41) is 12.8. The molecule has 1 N–H and O–H groups in total. The van der Waals surface area contributed by atoms with Gasteiger partial charge >= 0.3 is 0 Å². The Balaban J connectivity index is 1.72. The van der Waals surface area contributed by atoms with Crippen LogP contribution in [0.25, 0.3) is 6.08 Å². The van der Waals surface area contributed by atoms with Gasteiger partial charge in [0.15, 0.2) is 5.75 Å². The summed E-state index contributed by atoms with van der Waals surface area (Å²) in [6.07, 6.45) is 1.42. The summed E-state index contributed by atoms with van der Waals surface area (Å²) in [4.78, 5) is 12.6. The van der Waals surface area contributed by atoms with E-state index in [2.05, 4.69) is 5.32 Å². The van der Waals surface area contributed by atoms with Crippen LogP contribution in [0.2, 0.25) is 10.0 Å². The van der Waals surface area contributed by atoms with E-state index in [1.807, 2.05) is 37.3 Å². The molecule has 0 unspecified atom stereocenters. The molecule has 0 aliphatic rings. The summed E-state index contributed by atoms with van der Waals surface area (Å²) in [6.45, 7) is 2.47. The van der Waals surface area contributed by atoms with Crippen LogP contribution >= 0.6 is 23.2 Å². The average Bonchev–Trinajstić information content (AvgIpc) is 2.85. The Kier molecular flexibility index (Phi) is 9.02. The number of hydrogen-bond donors (Lipinski definition) is 1. The third-order valence-electron chi connectivity index (χ3n) is 5.10. The molecular weight excluding hydrogens is 487 g/mol. The Labute approximate surface area is 214 Å². The molecule has 0 spiro atoms. The maximum absolute atomic E-state index is 12.6. The molecule has 0 fully saturated rings. The Morgan fingerprint density at radius 2 is 1.80 bits per heavy atom. The topological polar surface area (TPSA) is 80.6 Å². The number of carbonyl (C=O) groups excluding carboxylic acids is 1. The lowest BCUT2D eigenvalue weighted by Crippen LogP contribution is -2.24. The normalized spacial score (nSPS) is 10.9. The molecule has 3 rings (SSSR count). The fraction of sp³-hybridized carbons (Fsp3) is 0.185. The predicted octanol–water partition coefficient (Wildman–Crippen LogP) is 6.12. The highest BCUT2D eigenvalue weighted by Gasteiger charge is 2.14. The fourth-order valence-electron chi connectivity index (χ4n) is 3.34. The van der Waals surface area contributed by atoms with Crippen molar-refractivity contribution in [3.63, 3.8) is 0 Å². The molecule has 0 heterocycles. The number of ether oxygens (including phenoxy) is 3. The van der Waals surface area contributed by atoms with Gasteiger partial charge in [0.05, 0.1) is 24.3 Å². The van der Waals surface area contributed by atoms with Gasteiger partial charge in [-0.15, -0.1) is 0 Å². The second-order valence-corrected chi connectivity index (χ2v) is 8.44. The quantitative estimate of drug-likeness (QED) is 0.277. The molecule has 3 aromatic carbocycles. The van der Waals surface area contributed by atoms with Crippen molar-refractivity contribution < 1.29 is 19.0 Å². The maximum Gasteiger partial charge on any atom is 0.262 e. The van der Waals surface area contributed by atoms with Crippen molar-refractivity contribution in [2.24, 2.45) is 0 Å². The summed E-state index contributed by atoms with van der Waals surface area (Å²) in [5.41, 5.74) is 3.24. The lowest BCUT2D eigenvalue weighted by Gasteiger charge is -2.12. The minimum atomic E-state index is -0.544. The van der Waals surface area contributed by atoms with Gasteiger partial charge < -0.3 is 19.5 Å². The number of nitriles is 1. The zero-order valence-electron chi connectivity index (χ0n) is 19.5. The van der Waals surface area contributed by atoms with Crippen LogP contribution in [0.15, 0.2) is 60.2 Å². The third-order valence-corrected chi connectivity index (χ3v) is 5.66. The van der Waals surface area contributed by atoms with Crippen molar-refractivity contribution >= 4 is 35.2 Å². The van der Waals surface area contributed by atoms with Gasteiger partial charge in [0.25, 0.3) is 5.91 Å². The summed E-state index contributed by atoms with van der Waals surface area (Å²) in [5.74, 6) is 0.987. The minimum absolute atomic E-state index is 0.0990. The molecule has 180 valence electrons. The van der Waals surface area contributed by atoms with Gasteiger partial charge in [0.2, 0.25) is 0 Å². The van der Waals surface area contributed by atoms with Crippen molar-refractivity contribution in [3.8, 4) is 23.3 Å². The summed E-state index contributed by atoms with van der Waals surface area (Å²) < 4.78 is 16.3. The first-order chi connectivity index (χ1) is 16.8. The molecule has 0 saturated heterocycles. The van der Waals surface area contributed by atoms with E-state index >= 15 is 0 Å². The van der Waals surface area contributed by atoms with E-state index in [0.717, 1.165) is 16.7 Å². The molecule has 35 heavy (non-hydrogen) atoms. The van der Waals surface area contributed by atoms with Crippen LogP contribution in [0.3, 0.4) is 0 Å².